The maximum Gasteiger partial charge on any atom is 0.322 e. The number of hydrogen-bond donors (Lipinski definition) is 2. The van der Waals surface area contributed by atoms with Gasteiger partial charge in [-0.05, 0) is 17.0 Å². The van der Waals surface area contributed by atoms with Crippen molar-refractivity contribution < 1.29 is 18.3 Å². The number of nitrogens with zero attached hydrogens (tertiary/aromatic N) is 1. The van der Waals surface area contributed by atoms with Gasteiger partial charge in [0.2, 0.25) is 0 Å². The van der Waals surface area contributed by atoms with Crippen molar-refractivity contribution in [2.24, 2.45) is 5.92 Å². The van der Waals surface area contributed by atoms with E-state index >= 15 is 0 Å². The molecule has 0 bridgehead atoms. The number of aliphatic carboxylic acids is 1. The van der Waals surface area contributed by atoms with Crippen molar-refractivity contribution in [1.82, 2.24) is 9.03 Å². The van der Waals surface area contributed by atoms with E-state index in [9.17, 15) is 18.3 Å². The van der Waals surface area contributed by atoms with Crippen LogP contribution in [0.15, 0.2) is 24.3 Å². The van der Waals surface area contributed by atoms with Crippen LogP contribution in [0.25, 0.3) is 0 Å². The van der Waals surface area contributed by atoms with Crippen molar-refractivity contribution in [3.63, 3.8) is 0 Å². The van der Waals surface area contributed by atoms with Gasteiger partial charge in [-0.25, -0.2) is 4.72 Å². The second-order valence-corrected chi connectivity index (χ2v) is 7.33. The molecule has 0 unspecified atom stereocenters. The molecule has 116 valence electrons. The second-order valence-electron chi connectivity index (χ2n) is 5.62. The number of carbonyl (C=O) groups is 1. The molecule has 6 nitrogen and oxygen atoms in total. The minimum atomic E-state index is -3.81. The summed E-state index contributed by atoms with van der Waals surface area (Å²) in [4.78, 5) is 11.4. The lowest BCUT2D eigenvalue weighted by Gasteiger charge is -2.33. The van der Waals surface area contributed by atoms with Gasteiger partial charge in [0.25, 0.3) is 10.2 Å². The molecule has 0 amide bonds. The maximum absolute atomic E-state index is 12.4. The number of carboxylic acid groups (broad SMARTS) is 1. The molecule has 0 aliphatic carbocycles. The molecule has 1 aromatic rings. The molecule has 2 N–H and O–H groups in total. The third kappa shape index (κ3) is 3.61. The zero-order valence-corrected chi connectivity index (χ0v) is 12.9. The van der Waals surface area contributed by atoms with Crippen LogP contribution < -0.4 is 4.72 Å². The van der Waals surface area contributed by atoms with E-state index in [0.29, 0.717) is 0 Å². The van der Waals surface area contributed by atoms with Crippen molar-refractivity contribution in [2.45, 2.75) is 32.9 Å². The standard InChI is InChI=1S/C14H20N2O4S/c1-10(2)8-15-21(19,20)16-9-12-6-4-3-5-11(12)7-13(16)14(17)18/h3-6,10,13,15H,7-9H2,1-2H3,(H,17,18)/t13-/m1/s1. The molecule has 7 heteroatoms. The van der Waals surface area contributed by atoms with Gasteiger partial charge in [0, 0.05) is 19.5 Å². The first kappa shape index (κ1) is 15.9. The Morgan fingerprint density at radius 3 is 2.57 bits per heavy atom. The fraction of sp³-hybridized carbons (Fsp3) is 0.500. The van der Waals surface area contributed by atoms with Gasteiger partial charge in [0.05, 0.1) is 0 Å². The lowest BCUT2D eigenvalue weighted by Crippen LogP contribution is -2.52. The molecule has 0 saturated carbocycles. The van der Waals surface area contributed by atoms with E-state index in [1.54, 1.807) is 0 Å². The summed E-state index contributed by atoms with van der Waals surface area (Å²) in [6.07, 6.45) is 0.189. The Hall–Kier alpha value is -1.44. The molecule has 0 radical (unpaired) electrons. The quantitative estimate of drug-likeness (QED) is 0.849. The molecule has 2 rings (SSSR count). The van der Waals surface area contributed by atoms with Crippen LogP contribution in [0.5, 0.6) is 0 Å². The maximum atomic E-state index is 12.4. The van der Waals surface area contributed by atoms with Gasteiger partial charge in [0.15, 0.2) is 0 Å². The molecule has 1 aliphatic heterocycles. The number of hydrogen-bond acceptors (Lipinski definition) is 3. The van der Waals surface area contributed by atoms with E-state index in [1.165, 1.54) is 0 Å². The van der Waals surface area contributed by atoms with Crippen LogP contribution in [-0.4, -0.2) is 36.4 Å². The van der Waals surface area contributed by atoms with Crippen molar-refractivity contribution in [1.29, 1.82) is 0 Å². The van der Waals surface area contributed by atoms with Crippen LogP contribution in [0.1, 0.15) is 25.0 Å². The summed E-state index contributed by atoms with van der Waals surface area (Å²) in [5.74, 6) is -0.973. The van der Waals surface area contributed by atoms with Crippen LogP contribution in [-0.2, 0) is 28.0 Å². The van der Waals surface area contributed by atoms with Crippen LogP contribution in [0, 0.1) is 5.92 Å². The fourth-order valence-electron chi connectivity index (χ4n) is 2.32. The van der Waals surface area contributed by atoms with Crippen LogP contribution >= 0.6 is 0 Å². The van der Waals surface area contributed by atoms with Gasteiger partial charge in [-0.2, -0.15) is 12.7 Å². The Bertz CT molecular complexity index is 628. The monoisotopic (exact) mass is 312 g/mol. The predicted octanol–water partition coefficient (Wildman–Crippen LogP) is 0.988. The molecule has 21 heavy (non-hydrogen) atoms. The Morgan fingerprint density at radius 2 is 2.00 bits per heavy atom. The van der Waals surface area contributed by atoms with Crippen LogP contribution in [0.4, 0.5) is 0 Å². The smallest absolute Gasteiger partial charge is 0.322 e. The summed E-state index contributed by atoms with van der Waals surface area (Å²) in [5, 5.41) is 9.34. The second kappa shape index (κ2) is 6.13. The van der Waals surface area contributed by atoms with Gasteiger partial charge in [-0.15, -0.1) is 0 Å². The Kier molecular flexibility index (Phi) is 4.65. The average Bonchev–Trinajstić information content (AvgIpc) is 2.43. The summed E-state index contributed by atoms with van der Waals surface area (Å²) in [6.45, 7) is 4.15. The van der Waals surface area contributed by atoms with E-state index in [-0.39, 0.29) is 25.4 Å². The van der Waals surface area contributed by atoms with E-state index in [0.717, 1.165) is 15.4 Å². The van der Waals surface area contributed by atoms with Gasteiger partial charge in [-0.1, -0.05) is 38.1 Å². The van der Waals surface area contributed by atoms with E-state index in [1.807, 2.05) is 38.1 Å². The van der Waals surface area contributed by atoms with E-state index in [4.69, 9.17) is 0 Å². The number of nitrogens with one attached hydrogen (secondary N) is 1. The molecular weight excluding hydrogens is 292 g/mol. The highest BCUT2D eigenvalue weighted by molar-refractivity contribution is 7.87. The summed E-state index contributed by atoms with van der Waals surface area (Å²) in [5.41, 5.74) is 1.74. The van der Waals surface area contributed by atoms with Gasteiger partial charge >= 0.3 is 5.97 Å². The highest BCUT2D eigenvalue weighted by atomic mass is 32.2. The van der Waals surface area contributed by atoms with Crippen molar-refractivity contribution in [3.8, 4) is 0 Å². The molecule has 0 saturated heterocycles. The molecule has 0 fully saturated rings. The Morgan fingerprint density at radius 1 is 1.38 bits per heavy atom. The lowest BCUT2D eigenvalue weighted by atomic mass is 9.96. The summed E-state index contributed by atoms with van der Waals surface area (Å²) in [6, 6.07) is 6.27. The average molecular weight is 312 g/mol. The predicted molar refractivity (Wildman–Crippen MR) is 78.9 cm³/mol. The van der Waals surface area contributed by atoms with Gasteiger partial charge in [0.1, 0.15) is 6.04 Å². The third-order valence-corrected chi connectivity index (χ3v) is 5.01. The zero-order chi connectivity index (χ0) is 15.6. The van der Waals surface area contributed by atoms with Crippen LogP contribution in [0.3, 0.4) is 0 Å². The highest BCUT2D eigenvalue weighted by Gasteiger charge is 2.38. The van der Waals surface area contributed by atoms with E-state index < -0.39 is 22.2 Å². The SMILES string of the molecule is CC(C)CNS(=O)(=O)N1Cc2ccccc2C[C@@H]1C(=O)O. The summed E-state index contributed by atoms with van der Waals surface area (Å²) in [7, 11) is -3.81. The van der Waals surface area contributed by atoms with Gasteiger partial charge in [-0.3, -0.25) is 4.79 Å². The third-order valence-electron chi connectivity index (χ3n) is 3.47. The zero-order valence-electron chi connectivity index (χ0n) is 12.1. The molecular formula is C14H20N2O4S. The number of rotatable bonds is 5. The summed E-state index contributed by atoms with van der Waals surface area (Å²) < 4.78 is 28.3. The topological polar surface area (TPSA) is 86.7 Å². The van der Waals surface area contributed by atoms with Gasteiger partial charge < -0.3 is 5.11 Å². The minimum Gasteiger partial charge on any atom is -0.480 e. The molecule has 1 aromatic carbocycles. The molecule has 0 aromatic heterocycles. The Balaban J connectivity index is 2.30. The first-order valence-electron chi connectivity index (χ1n) is 6.87. The van der Waals surface area contributed by atoms with Crippen LogP contribution in [0.2, 0.25) is 0 Å². The van der Waals surface area contributed by atoms with Crippen molar-refractivity contribution >= 4 is 16.2 Å². The summed E-state index contributed by atoms with van der Waals surface area (Å²) >= 11 is 0. The van der Waals surface area contributed by atoms with Crippen molar-refractivity contribution in [3.05, 3.63) is 35.4 Å². The number of benzene rings is 1. The molecule has 1 heterocycles. The number of carboxylic acids is 1. The number of fused-ring (bicyclic) bond motifs is 1. The normalized spacial score (nSPS) is 19.5. The fourth-order valence-corrected chi connectivity index (χ4v) is 3.84. The van der Waals surface area contributed by atoms with E-state index in [2.05, 4.69) is 4.72 Å². The largest absolute Gasteiger partial charge is 0.480 e. The first-order valence-corrected chi connectivity index (χ1v) is 8.31. The molecule has 0 spiro atoms. The molecule has 1 atom stereocenters. The minimum absolute atomic E-state index is 0.0839. The highest BCUT2D eigenvalue weighted by Crippen LogP contribution is 2.25. The Labute approximate surface area is 125 Å². The molecule has 1 aliphatic rings. The first-order chi connectivity index (χ1) is 9.81. The lowest BCUT2D eigenvalue weighted by molar-refractivity contribution is -0.141. The van der Waals surface area contributed by atoms with Crippen molar-refractivity contribution in [2.75, 3.05) is 6.54 Å².